The molecule has 0 radical (unpaired) electrons. The third-order valence-electron chi connectivity index (χ3n) is 1.39. The second-order valence-electron chi connectivity index (χ2n) is 2.53. The molecule has 0 bridgehead atoms. The lowest BCUT2D eigenvalue weighted by Crippen LogP contribution is -2.17. The number of nitriles is 1. The summed E-state index contributed by atoms with van der Waals surface area (Å²) in [4.78, 5) is 3.54. The van der Waals surface area contributed by atoms with E-state index in [9.17, 15) is 13.2 Å². The molecule has 1 rings (SSSR count). The van der Waals surface area contributed by atoms with Crippen molar-refractivity contribution in [1.82, 2.24) is 4.98 Å². The fourth-order valence-corrected chi connectivity index (χ4v) is 0.854. The first kappa shape index (κ1) is 11.1. The summed E-state index contributed by atoms with van der Waals surface area (Å²) < 4.78 is 39.0. The van der Waals surface area contributed by atoms with Crippen LogP contribution in [0.4, 0.5) is 13.2 Å². The third-order valence-corrected chi connectivity index (χ3v) is 1.39. The highest BCUT2D eigenvalue weighted by Crippen LogP contribution is 2.30. The Morgan fingerprint density at radius 3 is 2.73 bits per heavy atom. The van der Waals surface area contributed by atoms with Crippen LogP contribution < -0.4 is 4.74 Å². The average Bonchev–Trinajstić information content (AvgIpc) is 2.09. The second kappa shape index (κ2) is 4.04. The van der Waals surface area contributed by atoms with E-state index in [0.29, 0.717) is 0 Å². The normalized spacial score (nSPS) is 10.8. The van der Waals surface area contributed by atoms with Crippen molar-refractivity contribution in [3.05, 3.63) is 18.0 Å². The van der Waals surface area contributed by atoms with Crippen molar-refractivity contribution in [3.8, 4) is 17.6 Å². The Balaban J connectivity index is 2.96. The zero-order chi connectivity index (χ0) is 11.5. The van der Waals surface area contributed by atoms with Gasteiger partial charge in [-0.2, -0.15) is 5.26 Å². The fraction of sp³-hybridized carbons (Fsp3) is 0.250. The van der Waals surface area contributed by atoms with Crippen LogP contribution in [0.5, 0.6) is 11.5 Å². The lowest BCUT2D eigenvalue weighted by molar-refractivity contribution is -0.275. The lowest BCUT2D eigenvalue weighted by atomic mass is 10.3. The summed E-state index contributed by atoms with van der Waals surface area (Å²) in [7, 11) is 0. The van der Waals surface area contributed by atoms with Crippen LogP contribution in [0.15, 0.2) is 12.3 Å². The largest absolute Gasteiger partial charge is 0.573 e. The monoisotopic (exact) mass is 218 g/mol. The van der Waals surface area contributed by atoms with Crippen LogP contribution in [0.1, 0.15) is 5.69 Å². The van der Waals surface area contributed by atoms with E-state index < -0.39 is 17.9 Å². The number of rotatable bonds is 2. The molecular weight excluding hydrogens is 213 g/mol. The minimum atomic E-state index is -4.89. The summed E-state index contributed by atoms with van der Waals surface area (Å²) in [5, 5.41) is 17.3. The minimum absolute atomic E-state index is 0.0922. The van der Waals surface area contributed by atoms with E-state index in [4.69, 9.17) is 10.4 Å². The van der Waals surface area contributed by atoms with Gasteiger partial charge in [-0.25, -0.2) is 0 Å². The maximum atomic E-state index is 11.8. The number of halogens is 3. The van der Waals surface area contributed by atoms with Crippen LogP contribution >= 0.6 is 0 Å². The Morgan fingerprint density at radius 1 is 1.53 bits per heavy atom. The molecule has 0 fully saturated rings. The molecule has 0 amide bonds. The molecule has 0 spiro atoms. The van der Waals surface area contributed by atoms with Gasteiger partial charge in [0.25, 0.3) is 0 Å². The first-order chi connectivity index (χ1) is 6.92. The van der Waals surface area contributed by atoms with Crippen LogP contribution in [0.25, 0.3) is 0 Å². The zero-order valence-corrected chi connectivity index (χ0v) is 7.25. The Labute approximate surface area is 82.5 Å². The van der Waals surface area contributed by atoms with E-state index >= 15 is 0 Å². The molecule has 4 nitrogen and oxygen atoms in total. The van der Waals surface area contributed by atoms with Gasteiger partial charge in [0.1, 0.15) is 0 Å². The predicted molar refractivity (Wildman–Crippen MR) is 41.9 cm³/mol. The van der Waals surface area contributed by atoms with Crippen molar-refractivity contribution < 1.29 is 23.0 Å². The van der Waals surface area contributed by atoms with Crippen LogP contribution in [0.3, 0.4) is 0 Å². The predicted octanol–water partition coefficient (Wildman–Crippen LogP) is 1.75. The molecule has 80 valence electrons. The van der Waals surface area contributed by atoms with Gasteiger partial charge in [0.15, 0.2) is 11.5 Å². The van der Waals surface area contributed by atoms with Crippen molar-refractivity contribution >= 4 is 0 Å². The van der Waals surface area contributed by atoms with E-state index in [0.717, 1.165) is 12.3 Å². The number of alkyl halides is 3. The summed E-state index contributed by atoms with van der Waals surface area (Å²) in [6.07, 6.45) is -4.25. The Morgan fingerprint density at radius 2 is 2.20 bits per heavy atom. The van der Waals surface area contributed by atoms with Gasteiger partial charge < -0.3 is 9.84 Å². The third kappa shape index (κ3) is 3.34. The van der Waals surface area contributed by atoms with Crippen LogP contribution in [0.2, 0.25) is 0 Å². The van der Waals surface area contributed by atoms with Gasteiger partial charge in [-0.1, -0.05) is 0 Å². The molecule has 0 aromatic carbocycles. The van der Waals surface area contributed by atoms with Crippen molar-refractivity contribution in [1.29, 1.82) is 5.26 Å². The van der Waals surface area contributed by atoms with Gasteiger partial charge in [-0.15, -0.1) is 13.2 Å². The molecule has 1 aromatic heterocycles. The number of nitrogens with zero attached hydrogens (tertiary/aromatic N) is 2. The zero-order valence-electron chi connectivity index (χ0n) is 7.25. The van der Waals surface area contributed by atoms with E-state index in [2.05, 4.69) is 9.72 Å². The average molecular weight is 218 g/mol. The van der Waals surface area contributed by atoms with E-state index in [1.165, 1.54) is 0 Å². The Kier molecular flexibility index (Phi) is 2.99. The molecule has 1 aromatic rings. The topological polar surface area (TPSA) is 66.1 Å². The second-order valence-corrected chi connectivity index (χ2v) is 2.53. The minimum Gasteiger partial charge on any atom is -0.503 e. The smallest absolute Gasteiger partial charge is 0.503 e. The quantitative estimate of drug-likeness (QED) is 0.821. The lowest BCUT2D eigenvalue weighted by Gasteiger charge is -2.10. The molecule has 0 unspecified atom stereocenters. The van der Waals surface area contributed by atoms with Crippen LogP contribution in [0, 0.1) is 11.3 Å². The SMILES string of the molecule is N#CCc1cc(OC(F)(F)F)c(O)cn1. The molecule has 7 heteroatoms. The summed E-state index contributed by atoms with van der Waals surface area (Å²) in [5.41, 5.74) is 0.0922. The van der Waals surface area contributed by atoms with Crippen molar-refractivity contribution in [3.63, 3.8) is 0 Å². The molecular formula is C8H5F3N2O2. The number of pyridine rings is 1. The Bertz CT molecular complexity index is 398. The standard InChI is InChI=1S/C8H5F3N2O2/c9-8(10,11)15-7-3-5(1-2-12)13-4-6(7)14/h3-4,14H,1H2. The fourth-order valence-electron chi connectivity index (χ4n) is 0.854. The molecule has 0 aliphatic rings. The molecule has 0 aliphatic heterocycles. The molecule has 0 aliphatic carbocycles. The van der Waals surface area contributed by atoms with Gasteiger partial charge in [0.2, 0.25) is 0 Å². The van der Waals surface area contributed by atoms with Crippen molar-refractivity contribution in [2.24, 2.45) is 0 Å². The van der Waals surface area contributed by atoms with E-state index in [-0.39, 0.29) is 12.1 Å². The number of aromatic hydroxyl groups is 1. The molecule has 0 saturated carbocycles. The van der Waals surface area contributed by atoms with E-state index in [1.807, 2.05) is 0 Å². The van der Waals surface area contributed by atoms with Gasteiger partial charge in [-0.05, 0) is 0 Å². The molecule has 1 N–H and O–H groups in total. The molecule has 0 saturated heterocycles. The summed E-state index contributed by atoms with van der Waals surface area (Å²) in [5.74, 6) is -1.49. The molecule has 1 heterocycles. The molecule has 0 atom stereocenters. The summed E-state index contributed by atoms with van der Waals surface area (Å²) in [6.45, 7) is 0. The number of hydrogen-bond acceptors (Lipinski definition) is 4. The van der Waals surface area contributed by atoms with Gasteiger partial charge >= 0.3 is 6.36 Å². The number of hydrogen-bond donors (Lipinski definition) is 1. The maximum Gasteiger partial charge on any atom is 0.573 e. The van der Waals surface area contributed by atoms with Gasteiger partial charge in [-0.3, -0.25) is 4.98 Å². The number of aromatic nitrogens is 1. The van der Waals surface area contributed by atoms with Gasteiger partial charge in [0, 0.05) is 6.07 Å². The van der Waals surface area contributed by atoms with Gasteiger partial charge in [0.05, 0.1) is 24.4 Å². The molecule has 15 heavy (non-hydrogen) atoms. The van der Waals surface area contributed by atoms with Crippen molar-refractivity contribution in [2.75, 3.05) is 0 Å². The highest BCUT2D eigenvalue weighted by atomic mass is 19.4. The van der Waals surface area contributed by atoms with Crippen LogP contribution in [-0.2, 0) is 6.42 Å². The highest BCUT2D eigenvalue weighted by Gasteiger charge is 2.32. The summed E-state index contributed by atoms with van der Waals surface area (Å²) >= 11 is 0. The Hall–Kier alpha value is -1.97. The highest BCUT2D eigenvalue weighted by molar-refractivity contribution is 5.38. The maximum absolute atomic E-state index is 11.8. The summed E-state index contributed by atoms with van der Waals surface area (Å²) in [6, 6.07) is 2.58. The van der Waals surface area contributed by atoms with Crippen LogP contribution in [-0.4, -0.2) is 16.5 Å². The first-order valence-electron chi connectivity index (χ1n) is 3.73. The first-order valence-corrected chi connectivity index (χ1v) is 3.73. The van der Waals surface area contributed by atoms with Crippen molar-refractivity contribution in [2.45, 2.75) is 12.8 Å². The number of ether oxygens (including phenoxy) is 1. The van der Waals surface area contributed by atoms with E-state index in [1.54, 1.807) is 6.07 Å².